The number of nitrogens with zero attached hydrogens (tertiary/aromatic N) is 3. The average Bonchev–Trinajstić information content (AvgIpc) is 3.20. The summed E-state index contributed by atoms with van der Waals surface area (Å²) >= 11 is 1.66. The maximum Gasteiger partial charge on any atom is 0.253 e. The van der Waals surface area contributed by atoms with Crippen LogP contribution < -0.4 is 5.32 Å². The van der Waals surface area contributed by atoms with Gasteiger partial charge in [0.2, 0.25) is 5.91 Å². The molecule has 2 amide bonds. The lowest BCUT2D eigenvalue weighted by atomic mass is 9.90. The quantitative estimate of drug-likeness (QED) is 0.687. The third-order valence-corrected chi connectivity index (χ3v) is 7.31. The minimum absolute atomic E-state index is 0.0539. The number of benzene rings is 1. The second-order valence-corrected chi connectivity index (χ2v) is 9.24. The number of hydrogen-bond acceptors (Lipinski definition) is 4. The van der Waals surface area contributed by atoms with Gasteiger partial charge in [-0.05, 0) is 60.4 Å². The molecule has 0 bridgehead atoms. The number of hydrogen-bond donors (Lipinski definition) is 1. The molecule has 1 N–H and O–H groups in total. The lowest BCUT2D eigenvalue weighted by molar-refractivity contribution is -0.123. The van der Waals surface area contributed by atoms with Gasteiger partial charge in [-0.3, -0.25) is 9.59 Å². The summed E-state index contributed by atoms with van der Waals surface area (Å²) < 4.78 is 1.76. The summed E-state index contributed by atoms with van der Waals surface area (Å²) in [6.45, 7) is 2.03. The van der Waals surface area contributed by atoms with Crippen molar-refractivity contribution in [2.75, 3.05) is 13.1 Å². The smallest absolute Gasteiger partial charge is 0.253 e. The number of aromatic nitrogens is 2. The predicted molar refractivity (Wildman–Crippen MR) is 115 cm³/mol. The second-order valence-electron chi connectivity index (χ2n) is 8.21. The number of carbonyl (C=O) groups excluding carboxylic acids is 2. The van der Waals surface area contributed by atoms with Crippen molar-refractivity contribution < 1.29 is 9.59 Å². The number of nitrogens with one attached hydrogen (secondary N) is 1. The van der Waals surface area contributed by atoms with Gasteiger partial charge in [0.25, 0.3) is 5.91 Å². The fraction of sp³-hybridized carbons (Fsp3) is 0.348. The molecule has 1 aliphatic heterocycles. The number of carbonyl (C=O) groups is 2. The highest BCUT2D eigenvalue weighted by molar-refractivity contribution is 7.09. The van der Waals surface area contributed by atoms with Crippen LogP contribution in [-0.4, -0.2) is 39.6 Å². The Morgan fingerprint density at radius 2 is 2.03 bits per heavy atom. The van der Waals surface area contributed by atoms with Crippen LogP contribution in [0.2, 0.25) is 0 Å². The Morgan fingerprint density at radius 3 is 2.77 bits per heavy atom. The van der Waals surface area contributed by atoms with Crippen LogP contribution in [-0.2, 0) is 11.3 Å². The first-order chi connectivity index (χ1) is 14.6. The fourth-order valence-electron chi connectivity index (χ4n) is 4.52. The molecular formula is C23H24N4O2S. The Balaban J connectivity index is 1.17. The molecule has 1 spiro atoms. The van der Waals surface area contributed by atoms with Crippen molar-refractivity contribution in [3.05, 3.63) is 70.7 Å². The van der Waals surface area contributed by atoms with Crippen molar-refractivity contribution in [2.45, 2.75) is 25.8 Å². The van der Waals surface area contributed by atoms with Gasteiger partial charge in [0.05, 0.1) is 12.2 Å². The maximum atomic E-state index is 13.0. The zero-order chi connectivity index (χ0) is 20.6. The minimum Gasteiger partial charge on any atom is -0.351 e. The normalized spacial score (nSPS) is 19.6. The standard InChI is InChI=1S/C23H24N4O2S/c28-21(24-16-19-6-2-13-30-19)20-15-23(20)7-11-26(12-8-23)22(29)17-4-1-5-18(14-17)27-10-3-9-25-27/h1-6,9-10,13-14,20H,7-8,11-12,15-16H2,(H,24,28). The Kier molecular flexibility index (Phi) is 4.90. The molecule has 1 aliphatic carbocycles. The first kappa shape index (κ1) is 19.1. The summed E-state index contributed by atoms with van der Waals surface area (Å²) in [5, 5.41) is 9.34. The van der Waals surface area contributed by atoms with E-state index in [4.69, 9.17) is 0 Å². The molecule has 7 heteroatoms. The SMILES string of the molecule is O=C(NCc1cccs1)C1CC12CCN(C(=O)c1cccc(-n3cccn3)c1)CC2. The van der Waals surface area contributed by atoms with Gasteiger partial charge < -0.3 is 10.2 Å². The largest absolute Gasteiger partial charge is 0.351 e. The first-order valence-electron chi connectivity index (χ1n) is 10.3. The third-order valence-electron chi connectivity index (χ3n) is 6.43. The molecule has 2 aromatic heterocycles. The zero-order valence-electron chi connectivity index (χ0n) is 16.7. The number of likely N-dealkylation sites (tertiary alicyclic amines) is 1. The number of piperidine rings is 1. The molecule has 3 heterocycles. The summed E-state index contributed by atoms with van der Waals surface area (Å²) in [5.74, 6) is 0.311. The summed E-state index contributed by atoms with van der Waals surface area (Å²) in [6.07, 6.45) is 6.33. The summed E-state index contributed by atoms with van der Waals surface area (Å²) in [5.41, 5.74) is 1.65. The minimum atomic E-state index is 0.0539. The predicted octanol–water partition coefficient (Wildman–Crippen LogP) is 3.49. The van der Waals surface area contributed by atoms with Gasteiger partial charge in [-0.15, -0.1) is 11.3 Å². The van der Waals surface area contributed by atoms with Gasteiger partial charge >= 0.3 is 0 Å². The van der Waals surface area contributed by atoms with Crippen LogP contribution in [0.3, 0.4) is 0 Å². The van der Waals surface area contributed by atoms with Gasteiger partial charge in [0.15, 0.2) is 0 Å². The van der Waals surface area contributed by atoms with Crippen molar-refractivity contribution >= 4 is 23.2 Å². The molecule has 5 rings (SSSR count). The number of amides is 2. The molecule has 3 aromatic rings. The molecule has 30 heavy (non-hydrogen) atoms. The fourth-order valence-corrected chi connectivity index (χ4v) is 5.17. The van der Waals surface area contributed by atoms with E-state index in [1.807, 2.05) is 58.9 Å². The number of rotatable bonds is 5. The molecule has 154 valence electrons. The average molecular weight is 421 g/mol. The van der Waals surface area contributed by atoms with Crippen LogP contribution in [0.1, 0.15) is 34.5 Å². The summed E-state index contributed by atoms with van der Waals surface area (Å²) in [7, 11) is 0. The van der Waals surface area contributed by atoms with E-state index in [9.17, 15) is 9.59 Å². The molecule has 2 aliphatic rings. The zero-order valence-corrected chi connectivity index (χ0v) is 17.5. The Morgan fingerprint density at radius 1 is 1.17 bits per heavy atom. The van der Waals surface area contributed by atoms with Crippen molar-refractivity contribution in [2.24, 2.45) is 11.3 Å². The Labute approximate surface area is 179 Å². The third kappa shape index (κ3) is 3.65. The van der Waals surface area contributed by atoms with E-state index in [1.165, 1.54) is 4.88 Å². The highest BCUT2D eigenvalue weighted by atomic mass is 32.1. The van der Waals surface area contributed by atoms with Gasteiger partial charge in [0, 0.05) is 41.8 Å². The number of thiophene rings is 1. The lowest BCUT2D eigenvalue weighted by Gasteiger charge is -2.33. The van der Waals surface area contributed by atoms with Crippen LogP contribution in [0.4, 0.5) is 0 Å². The van der Waals surface area contributed by atoms with E-state index in [-0.39, 0.29) is 23.1 Å². The molecule has 1 unspecified atom stereocenters. The van der Waals surface area contributed by atoms with E-state index < -0.39 is 0 Å². The van der Waals surface area contributed by atoms with E-state index in [1.54, 1.807) is 22.2 Å². The van der Waals surface area contributed by atoms with E-state index in [2.05, 4.69) is 10.4 Å². The highest BCUT2D eigenvalue weighted by Crippen LogP contribution is 2.59. The van der Waals surface area contributed by atoms with Gasteiger partial charge in [0.1, 0.15) is 0 Å². The van der Waals surface area contributed by atoms with Gasteiger partial charge in [-0.1, -0.05) is 12.1 Å². The van der Waals surface area contributed by atoms with Gasteiger partial charge in [-0.2, -0.15) is 5.10 Å². The molecule has 2 fully saturated rings. The molecule has 1 saturated carbocycles. The van der Waals surface area contributed by atoms with Crippen LogP contribution in [0.5, 0.6) is 0 Å². The lowest BCUT2D eigenvalue weighted by Crippen LogP contribution is -2.40. The monoisotopic (exact) mass is 420 g/mol. The van der Waals surface area contributed by atoms with E-state index in [0.717, 1.165) is 24.9 Å². The van der Waals surface area contributed by atoms with Crippen molar-refractivity contribution in [1.82, 2.24) is 20.0 Å². The van der Waals surface area contributed by atoms with Gasteiger partial charge in [-0.25, -0.2) is 4.68 Å². The van der Waals surface area contributed by atoms with Crippen molar-refractivity contribution in [3.8, 4) is 5.69 Å². The molecule has 1 atom stereocenters. The molecular weight excluding hydrogens is 396 g/mol. The van der Waals surface area contributed by atoms with Crippen LogP contribution in [0.15, 0.2) is 60.2 Å². The second kappa shape index (κ2) is 7.72. The van der Waals surface area contributed by atoms with Crippen molar-refractivity contribution in [3.63, 3.8) is 0 Å². The van der Waals surface area contributed by atoms with Crippen LogP contribution >= 0.6 is 11.3 Å². The summed E-state index contributed by atoms with van der Waals surface area (Å²) in [4.78, 5) is 28.7. The first-order valence-corrected chi connectivity index (χ1v) is 11.2. The highest BCUT2D eigenvalue weighted by Gasteiger charge is 2.58. The van der Waals surface area contributed by atoms with E-state index >= 15 is 0 Å². The molecule has 0 radical (unpaired) electrons. The molecule has 1 saturated heterocycles. The van der Waals surface area contributed by atoms with Crippen LogP contribution in [0, 0.1) is 11.3 Å². The Hall–Kier alpha value is -2.93. The molecule has 6 nitrogen and oxygen atoms in total. The van der Waals surface area contributed by atoms with E-state index in [0.29, 0.717) is 25.2 Å². The Bertz CT molecular complexity index is 1040. The topological polar surface area (TPSA) is 67.2 Å². The van der Waals surface area contributed by atoms with Crippen molar-refractivity contribution in [1.29, 1.82) is 0 Å². The summed E-state index contributed by atoms with van der Waals surface area (Å²) in [6, 6.07) is 13.5. The van der Waals surface area contributed by atoms with Crippen LogP contribution in [0.25, 0.3) is 5.69 Å². The maximum absolute atomic E-state index is 13.0. The molecule has 1 aromatic carbocycles.